The molecule has 1 N–H and O–H groups in total. The second kappa shape index (κ2) is 8.02. The molecule has 0 unspecified atom stereocenters. The van der Waals surface area contributed by atoms with Gasteiger partial charge in [-0.1, -0.05) is 35.9 Å². The molecule has 2 aromatic carbocycles. The standard InChI is InChI=1S/C21H19ClN2O2/c1-14(17-5-3-4-6-20(17)26-2)24-21(25)18-8-7-16(13-19(18)22)15-9-11-23-12-10-15/h3-14H,1-2H3,(H,24,25)/t14-/m0/s1. The van der Waals surface area contributed by atoms with Crippen molar-refractivity contribution < 1.29 is 9.53 Å². The van der Waals surface area contributed by atoms with Crippen LogP contribution < -0.4 is 10.1 Å². The number of pyridine rings is 1. The molecule has 0 aliphatic rings. The van der Waals surface area contributed by atoms with Gasteiger partial charge in [-0.3, -0.25) is 9.78 Å². The number of carbonyl (C=O) groups excluding carboxylic acids is 1. The van der Waals surface area contributed by atoms with Gasteiger partial charge in [0.2, 0.25) is 0 Å². The average molecular weight is 367 g/mol. The molecular formula is C21H19ClN2O2. The Balaban J connectivity index is 1.80. The van der Waals surface area contributed by atoms with E-state index in [2.05, 4.69) is 10.3 Å². The third kappa shape index (κ3) is 3.86. The highest BCUT2D eigenvalue weighted by atomic mass is 35.5. The molecule has 0 radical (unpaired) electrons. The van der Waals surface area contributed by atoms with Gasteiger partial charge in [-0.2, -0.15) is 0 Å². The van der Waals surface area contributed by atoms with Crippen LogP contribution in [0.3, 0.4) is 0 Å². The summed E-state index contributed by atoms with van der Waals surface area (Å²) in [5, 5.41) is 3.38. The summed E-state index contributed by atoms with van der Waals surface area (Å²) >= 11 is 6.36. The van der Waals surface area contributed by atoms with Crippen LogP contribution in [0.25, 0.3) is 11.1 Å². The van der Waals surface area contributed by atoms with Crippen molar-refractivity contribution in [3.8, 4) is 16.9 Å². The van der Waals surface area contributed by atoms with Crippen LogP contribution in [0.4, 0.5) is 0 Å². The normalized spacial score (nSPS) is 11.7. The predicted octanol–water partition coefficient (Wildman–Crippen LogP) is 4.90. The molecule has 0 saturated heterocycles. The van der Waals surface area contributed by atoms with Gasteiger partial charge in [-0.15, -0.1) is 0 Å². The SMILES string of the molecule is COc1ccccc1[C@H](C)NC(=O)c1ccc(-c2ccncc2)cc1Cl. The lowest BCUT2D eigenvalue weighted by molar-refractivity contribution is 0.0939. The molecule has 1 amide bonds. The molecule has 5 heteroatoms. The van der Waals surface area contributed by atoms with Crippen molar-refractivity contribution in [3.63, 3.8) is 0 Å². The second-order valence-electron chi connectivity index (χ2n) is 5.87. The largest absolute Gasteiger partial charge is 0.496 e. The van der Waals surface area contributed by atoms with E-state index in [0.29, 0.717) is 10.6 Å². The summed E-state index contributed by atoms with van der Waals surface area (Å²) in [6, 6.07) is 16.6. The maximum atomic E-state index is 12.7. The number of aromatic nitrogens is 1. The molecule has 0 fully saturated rings. The zero-order valence-corrected chi connectivity index (χ0v) is 15.3. The van der Waals surface area contributed by atoms with Crippen molar-refractivity contribution in [2.75, 3.05) is 7.11 Å². The summed E-state index contributed by atoms with van der Waals surface area (Å²) in [5.74, 6) is 0.508. The minimum atomic E-state index is -0.227. The maximum Gasteiger partial charge on any atom is 0.253 e. The first-order chi connectivity index (χ1) is 12.6. The van der Waals surface area contributed by atoms with Crippen LogP contribution >= 0.6 is 11.6 Å². The average Bonchev–Trinajstić information content (AvgIpc) is 2.68. The number of benzene rings is 2. The van der Waals surface area contributed by atoms with Gasteiger partial charge in [-0.25, -0.2) is 0 Å². The van der Waals surface area contributed by atoms with Gasteiger partial charge in [0.25, 0.3) is 5.91 Å². The van der Waals surface area contributed by atoms with E-state index in [4.69, 9.17) is 16.3 Å². The van der Waals surface area contributed by atoms with Crippen molar-refractivity contribution in [1.82, 2.24) is 10.3 Å². The second-order valence-corrected chi connectivity index (χ2v) is 6.27. The van der Waals surface area contributed by atoms with E-state index in [-0.39, 0.29) is 11.9 Å². The van der Waals surface area contributed by atoms with Gasteiger partial charge in [0.05, 0.1) is 23.7 Å². The fourth-order valence-corrected chi connectivity index (χ4v) is 3.07. The summed E-state index contributed by atoms with van der Waals surface area (Å²) in [7, 11) is 1.61. The number of hydrogen-bond acceptors (Lipinski definition) is 3. The third-order valence-electron chi connectivity index (χ3n) is 4.18. The van der Waals surface area contributed by atoms with Crippen LogP contribution in [0, 0.1) is 0 Å². The Morgan fingerprint density at radius 2 is 1.81 bits per heavy atom. The van der Waals surface area contributed by atoms with Gasteiger partial charge in [0.15, 0.2) is 0 Å². The minimum Gasteiger partial charge on any atom is -0.496 e. The van der Waals surface area contributed by atoms with Crippen LogP contribution in [-0.2, 0) is 0 Å². The zero-order valence-electron chi connectivity index (χ0n) is 14.6. The summed E-state index contributed by atoms with van der Waals surface area (Å²) < 4.78 is 5.36. The Kier molecular flexibility index (Phi) is 5.54. The van der Waals surface area contributed by atoms with Crippen molar-refractivity contribution in [2.45, 2.75) is 13.0 Å². The molecule has 3 rings (SSSR count). The summed E-state index contributed by atoms with van der Waals surface area (Å²) in [6.07, 6.45) is 3.44. The van der Waals surface area contributed by atoms with E-state index in [1.165, 1.54) is 0 Å². The molecule has 1 heterocycles. The number of carbonyl (C=O) groups is 1. The molecular weight excluding hydrogens is 348 g/mol. The number of methoxy groups -OCH3 is 1. The van der Waals surface area contributed by atoms with Gasteiger partial charge in [0, 0.05) is 18.0 Å². The Morgan fingerprint density at radius 3 is 2.50 bits per heavy atom. The first-order valence-electron chi connectivity index (χ1n) is 8.24. The number of nitrogens with zero attached hydrogens (tertiary/aromatic N) is 1. The van der Waals surface area contributed by atoms with Gasteiger partial charge < -0.3 is 10.1 Å². The molecule has 3 aromatic rings. The zero-order chi connectivity index (χ0) is 18.5. The molecule has 26 heavy (non-hydrogen) atoms. The van der Waals surface area contributed by atoms with E-state index >= 15 is 0 Å². The topological polar surface area (TPSA) is 51.2 Å². The Bertz CT molecular complexity index is 913. The molecule has 0 aliphatic carbocycles. The Labute approximate surface area is 157 Å². The van der Waals surface area contributed by atoms with Gasteiger partial charge in [0.1, 0.15) is 5.75 Å². The predicted molar refractivity (Wildman–Crippen MR) is 104 cm³/mol. The summed E-state index contributed by atoms with van der Waals surface area (Å²) in [4.78, 5) is 16.7. The number of para-hydroxylation sites is 1. The minimum absolute atomic E-state index is 0.213. The van der Waals surface area contributed by atoms with Crippen LogP contribution in [0.2, 0.25) is 5.02 Å². The number of amides is 1. The van der Waals surface area contributed by atoms with Gasteiger partial charge in [-0.05, 0) is 48.4 Å². The van der Waals surface area contributed by atoms with Crippen LogP contribution in [-0.4, -0.2) is 18.0 Å². The number of nitrogens with one attached hydrogen (secondary N) is 1. The number of ether oxygens (including phenoxy) is 1. The summed E-state index contributed by atoms with van der Waals surface area (Å²) in [6.45, 7) is 1.91. The van der Waals surface area contributed by atoms with Crippen molar-refractivity contribution in [1.29, 1.82) is 0 Å². The van der Waals surface area contributed by atoms with E-state index in [1.807, 2.05) is 49.4 Å². The molecule has 4 nitrogen and oxygen atoms in total. The fourth-order valence-electron chi connectivity index (χ4n) is 2.80. The quantitative estimate of drug-likeness (QED) is 0.698. The molecule has 0 aliphatic heterocycles. The van der Waals surface area contributed by atoms with Crippen LogP contribution in [0.5, 0.6) is 5.75 Å². The maximum absolute atomic E-state index is 12.7. The highest BCUT2D eigenvalue weighted by molar-refractivity contribution is 6.34. The Hall–Kier alpha value is -2.85. The van der Waals surface area contributed by atoms with Crippen molar-refractivity contribution in [2.24, 2.45) is 0 Å². The van der Waals surface area contributed by atoms with Crippen molar-refractivity contribution in [3.05, 3.63) is 83.1 Å². The molecule has 0 spiro atoms. The Morgan fingerprint density at radius 1 is 1.08 bits per heavy atom. The number of rotatable bonds is 5. The highest BCUT2D eigenvalue weighted by Crippen LogP contribution is 2.27. The molecule has 0 bridgehead atoms. The third-order valence-corrected chi connectivity index (χ3v) is 4.49. The first-order valence-corrected chi connectivity index (χ1v) is 8.61. The lowest BCUT2D eigenvalue weighted by Crippen LogP contribution is -2.27. The summed E-state index contributed by atoms with van der Waals surface area (Å²) in [5.41, 5.74) is 3.28. The van der Waals surface area contributed by atoms with E-state index < -0.39 is 0 Å². The molecule has 132 valence electrons. The van der Waals surface area contributed by atoms with E-state index in [0.717, 1.165) is 22.4 Å². The number of halogens is 1. The van der Waals surface area contributed by atoms with Crippen LogP contribution in [0.15, 0.2) is 67.0 Å². The number of hydrogen-bond donors (Lipinski definition) is 1. The lowest BCUT2D eigenvalue weighted by atomic mass is 10.0. The molecule has 1 atom stereocenters. The fraction of sp³-hybridized carbons (Fsp3) is 0.143. The highest BCUT2D eigenvalue weighted by Gasteiger charge is 2.17. The molecule has 1 aromatic heterocycles. The van der Waals surface area contributed by atoms with E-state index in [1.54, 1.807) is 31.6 Å². The van der Waals surface area contributed by atoms with Gasteiger partial charge >= 0.3 is 0 Å². The smallest absolute Gasteiger partial charge is 0.253 e. The lowest BCUT2D eigenvalue weighted by Gasteiger charge is -2.18. The van der Waals surface area contributed by atoms with Crippen LogP contribution in [0.1, 0.15) is 28.9 Å². The van der Waals surface area contributed by atoms with E-state index in [9.17, 15) is 4.79 Å². The van der Waals surface area contributed by atoms with Crippen molar-refractivity contribution >= 4 is 17.5 Å². The monoisotopic (exact) mass is 366 g/mol. The first kappa shape index (κ1) is 18.0. The molecule has 0 saturated carbocycles.